The zero-order valence-electron chi connectivity index (χ0n) is 12.5. The van der Waals surface area contributed by atoms with Gasteiger partial charge in [0.05, 0.1) is 11.7 Å². The molecule has 1 N–H and O–H groups in total. The molecule has 3 nitrogen and oxygen atoms in total. The van der Waals surface area contributed by atoms with Gasteiger partial charge < -0.3 is 5.32 Å². The van der Waals surface area contributed by atoms with Crippen molar-refractivity contribution in [3.8, 4) is 0 Å². The van der Waals surface area contributed by atoms with Gasteiger partial charge in [-0.05, 0) is 45.4 Å². The van der Waals surface area contributed by atoms with Gasteiger partial charge in [-0.25, -0.2) is 0 Å². The quantitative estimate of drug-likeness (QED) is 0.917. The highest BCUT2D eigenvalue weighted by molar-refractivity contribution is 6.30. The van der Waals surface area contributed by atoms with E-state index in [1.807, 2.05) is 29.1 Å². The van der Waals surface area contributed by atoms with Crippen LogP contribution in [0.5, 0.6) is 0 Å². The second-order valence-corrected chi connectivity index (χ2v) is 6.56. The van der Waals surface area contributed by atoms with E-state index in [1.165, 1.54) is 11.1 Å². The molecule has 2 rings (SSSR count). The first-order chi connectivity index (χ1) is 9.36. The van der Waals surface area contributed by atoms with Crippen molar-refractivity contribution in [2.24, 2.45) is 0 Å². The van der Waals surface area contributed by atoms with Crippen molar-refractivity contribution in [2.45, 2.75) is 45.8 Å². The molecule has 0 aliphatic rings. The molecule has 4 heteroatoms. The molecule has 0 bridgehead atoms. The van der Waals surface area contributed by atoms with E-state index in [-0.39, 0.29) is 11.6 Å². The molecule has 0 radical (unpaired) electrons. The zero-order chi connectivity index (χ0) is 14.8. The summed E-state index contributed by atoms with van der Waals surface area (Å²) in [6, 6.07) is 8.21. The molecule has 1 heterocycles. The summed E-state index contributed by atoms with van der Waals surface area (Å²) in [7, 11) is 0. The Balaban J connectivity index is 1.97. The molecule has 0 saturated carbocycles. The van der Waals surface area contributed by atoms with E-state index in [0.29, 0.717) is 0 Å². The summed E-state index contributed by atoms with van der Waals surface area (Å²) in [5.41, 5.74) is 2.41. The normalized spacial score (nSPS) is 13.4. The Labute approximate surface area is 126 Å². The third kappa shape index (κ3) is 3.84. The Morgan fingerprint density at radius 2 is 2.10 bits per heavy atom. The monoisotopic (exact) mass is 291 g/mol. The van der Waals surface area contributed by atoms with Gasteiger partial charge in [0.1, 0.15) is 0 Å². The summed E-state index contributed by atoms with van der Waals surface area (Å²) in [4.78, 5) is 0. The Morgan fingerprint density at radius 3 is 2.70 bits per heavy atom. The van der Waals surface area contributed by atoms with E-state index in [9.17, 15) is 0 Å². The Kier molecular flexibility index (Phi) is 4.51. The minimum Gasteiger partial charge on any atom is -0.306 e. The van der Waals surface area contributed by atoms with Crippen LogP contribution in [0.15, 0.2) is 36.7 Å². The molecule has 0 aliphatic heterocycles. The van der Waals surface area contributed by atoms with E-state index in [4.69, 9.17) is 11.6 Å². The molecule has 0 fully saturated rings. The average molecular weight is 292 g/mol. The largest absolute Gasteiger partial charge is 0.306 e. The van der Waals surface area contributed by atoms with Crippen LogP contribution in [0.4, 0.5) is 0 Å². The van der Waals surface area contributed by atoms with Gasteiger partial charge in [0.2, 0.25) is 0 Å². The third-order valence-corrected chi connectivity index (χ3v) is 3.52. The van der Waals surface area contributed by atoms with Crippen molar-refractivity contribution in [1.29, 1.82) is 0 Å². The summed E-state index contributed by atoms with van der Waals surface area (Å²) < 4.78 is 1.99. The number of nitrogens with one attached hydrogen (secondary N) is 1. The maximum atomic E-state index is 6.02. The molecular weight excluding hydrogens is 270 g/mol. The molecule has 0 aliphatic carbocycles. The lowest BCUT2D eigenvalue weighted by Crippen LogP contribution is -2.22. The van der Waals surface area contributed by atoms with Gasteiger partial charge in [-0.15, -0.1) is 0 Å². The van der Waals surface area contributed by atoms with E-state index in [2.05, 4.69) is 50.4 Å². The number of rotatable bonds is 4. The van der Waals surface area contributed by atoms with Crippen molar-refractivity contribution in [2.75, 3.05) is 0 Å². The molecule has 0 amide bonds. The van der Waals surface area contributed by atoms with Gasteiger partial charge in [0, 0.05) is 29.4 Å². The first-order valence-corrected chi connectivity index (χ1v) is 7.27. The molecule has 1 aromatic carbocycles. The van der Waals surface area contributed by atoms with Crippen LogP contribution in [-0.2, 0) is 12.1 Å². The number of hydrogen-bond donors (Lipinski definition) is 1. The van der Waals surface area contributed by atoms with E-state index in [0.717, 1.165) is 11.6 Å². The van der Waals surface area contributed by atoms with Crippen LogP contribution in [0.25, 0.3) is 0 Å². The van der Waals surface area contributed by atoms with Crippen LogP contribution in [0.3, 0.4) is 0 Å². The van der Waals surface area contributed by atoms with Crippen molar-refractivity contribution in [1.82, 2.24) is 15.1 Å². The number of benzene rings is 1. The van der Waals surface area contributed by atoms with Crippen molar-refractivity contribution in [3.05, 3.63) is 52.8 Å². The molecule has 0 unspecified atom stereocenters. The van der Waals surface area contributed by atoms with Crippen LogP contribution < -0.4 is 5.32 Å². The summed E-state index contributed by atoms with van der Waals surface area (Å²) in [5.74, 6) is 0. The van der Waals surface area contributed by atoms with E-state index < -0.39 is 0 Å². The van der Waals surface area contributed by atoms with Crippen LogP contribution >= 0.6 is 11.6 Å². The highest BCUT2D eigenvalue weighted by atomic mass is 35.5. The van der Waals surface area contributed by atoms with Crippen molar-refractivity contribution < 1.29 is 0 Å². The van der Waals surface area contributed by atoms with Crippen molar-refractivity contribution >= 4 is 11.6 Å². The fraction of sp³-hybridized carbons (Fsp3) is 0.438. The molecule has 2 aromatic rings. The van der Waals surface area contributed by atoms with Gasteiger partial charge in [0.25, 0.3) is 0 Å². The van der Waals surface area contributed by atoms with Gasteiger partial charge in [-0.3, -0.25) is 4.68 Å². The first-order valence-electron chi connectivity index (χ1n) is 6.89. The molecule has 0 saturated heterocycles. The van der Waals surface area contributed by atoms with Crippen LogP contribution in [0, 0.1) is 0 Å². The van der Waals surface area contributed by atoms with Crippen LogP contribution in [-0.4, -0.2) is 9.78 Å². The lowest BCUT2D eigenvalue weighted by molar-refractivity contribution is 0.355. The maximum Gasteiger partial charge on any atom is 0.0543 e. The second-order valence-electron chi connectivity index (χ2n) is 6.12. The van der Waals surface area contributed by atoms with Gasteiger partial charge in [-0.2, -0.15) is 5.10 Å². The highest BCUT2D eigenvalue weighted by Crippen LogP contribution is 2.18. The SMILES string of the molecule is C[C@H](NCc1cnn(C(C)(C)C)c1)c1cccc(Cl)c1. The minimum atomic E-state index is 0.0246. The topological polar surface area (TPSA) is 29.9 Å². The van der Waals surface area contributed by atoms with Crippen LogP contribution in [0.2, 0.25) is 5.02 Å². The number of halogens is 1. The van der Waals surface area contributed by atoms with Crippen molar-refractivity contribution in [3.63, 3.8) is 0 Å². The number of nitrogens with zero attached hydrogens (tertiary/aromatic N) is 2. The Hall–Kier alpha value is -1.32. The molecule has 108 valence electrons. The molecule has 20 heavy (non-hydrogen) atoms. The second kappa shape index (κ2) is 5.98. The average Bonchev–Trinajstić information content (AvgIpc) is 2.84. The predicted molar refractivity (Wildman–Crippen MR) is 83.9 cm³/mol. The first kappa shape index (κ1) is 15.1. The third-order valence-electron chi connectivity index (χ3n) is 3.28. The lowest BCUT2D eigenvalue weighted by Gasteiger charge is -2.18. The van der Waals surface area contributed by atoms with E-state index >= 15 is 0 Å². The summed E-state index contributed by atoms with van der Waals surface area (Å²) in [6.45, 7) is 9.37. The fourth-order valence-corrected chi connectivity index (χ4v) is 2.18. The van der Waals surface area contributed by atoms with Crippen LogP contribution in [0.1, 0.15) is 44.9 Å². The fourth-order valence-electron chi connectivity index (χ4n) is 1.98. The maximum absolute atomic E-state index is 6.02. The molecule has 1 atom stereocenters. The Morgan fingerprint density at radius 1 is 1.35 bits per heavy atom. The minimum absolute atomic E-state index is 0.0246. The summed E-state index contributed by atoms with van der Waals surface area (Å²) in [5, 5.41) is 8.68. The number of aromatic nitrogens is 2. The summed E-state index contributed by atoms with van der Waals surface area (Å²) in [6.07, 6.45) is 4.01. The van der Waals surface area contributed by atoms with Gasteiger partial charge in [-0.1, -0.05) is 23.7 Å². The standard InChI is InChI=1S/C16H22ClN3/c1-12(14-6-5-7-15(17)8-14)18-9-13-10-19-20(11-13)16(2,3)4/h5-8,10-12,18H,9H2,1-4H3/t12-/m0/s1. The molecular formula is C16H22ClN3. The van der Waals surface area contributed by atoms with Gasteiger partial charge >= 0.3 is 0 Å². The van der Waals surface area contributed by atoms with E-state index in [1.54, 1.807) is 0 Å². The highest BCUT2D eigenvalue weighted by Gasteiger charge is 2.14. The predicted octanol–water partition coefficient (Wildman–Crippen LogP) is 4.14. The molecule has 0 spiro atoms. The zero-order valence-corrected chi connectivity index (χ0v) is 13.3. The smallest absolute Gasteiger partial charge is 0.0543 e. The molecule has 1 aromatic heterocycles. The van der Waals surface area contributed by atoms with Gasteiger partial charge in [0.15, 0.2) is 0 Å². The lowest BCUT2D eigenvalue weighted by atomic mass is 10.1. The summed E-state index contributed by atoms with van der Waals surface area (Å²) >= 11 is 6.02. The number of hydrogen-bond acceptors (Lipinski definition) is 2. The Bertz CT molecular complexity index is 569.